The maximum absolute atomic E-state index is 13.2. The van der Waals surface area contributed by atoms with Crippen LogP contribution in [0.15, 0.2) is 42.5 Å². The quantitative estimate of drug-likeness (QED) is 0.621. The van der Waals surface area contributed by atoms with Gasteiger partial charge in [-0.05, 0) is 55.3 Å². The van der Waals surface area contributed by atoms with Gasteiger partial charge in [-0.3, -0.25) is 9.59 Å². The van der Waals surface area contributed by atoms with Gasteiger partial charge in [0.15, 0.2) is 0 Å². The summed E-state index contributed by atoms with van der Waals surface area (Å²) in [6, 6.07) is 10.8. The Morgan fingerprint density at radius 3 is 2.55 bits per heavy atom. The third-order valence-electron chi connectivity index (χ3n) is 5.77. The molecule has 3 N–H and O–H groups in total. The average molecular weight is 474 g/mol. The summed E-state index contributed by atoms with van der Waals surface area (Å²) < 4.78 is 11.8. The molecule has 10 heteroatoms. The van der Waals surface area contributed by atoms with Gasteiger partial charge < -0.3 is 30.1 Å². The number of halogens is 1. The third kappa shape index (κ3) is 5.37. The van der Waals surface area contributed by atoms with Crippen molar-refractivity contribution in [1.29, 1.82) is 0 Å². The van der Waals surface area contributed by atoms with Gasteiger partial charge in [0.25, 0.3) is 5.91 Å². The van der Waals surface area contributed by atoms with Gasteiger partial charge in [-0.15, -0.1) is 0 Å². The zero-order chi connectivity index (χ0) is 23.5. The second-order valence-corrected chi connectivity index (χ2v) is 8.50. The number of anilines is 2. The van der Waals surface area contributed by atoms with Crippen molar-refractivity contribution in [3.05, 3.63) is 53.1 Å². The fourth-order valence-electron chi connectivity index (χ4n) is 4.13. The third-order valence-corrected chi connectivity index (χ3v) is 6.03. The number of ether oxygens (including phenoxy) is 2. The molecular formula is C23H24ClN3O6. The number of fused-ring (bicyclic) bond motifs is 2. The van der Waals surface area contributed by atoms with Crippen LogP contribution in [0.3, 0.4) is 0 Å². The molecule has 174 valence electrons. The molecule has 2 aromatic rings. The van der Waals surface area contributed by atoms with Crippen LogP contribution >= 0.6 is 11.6 Å². The first-order chi connectivity index (χ1) is 15.8. The number of carbonyl (C=O) groups is 3. The van der Waals surface area contributed by atoms with E-state index in [4.69, 9.17) is 26.2 Å². The number of likely N-dealkylation sites (N-methyl/N-ethyl adjacent to an activating group) is 1. The summed E-state index contributed by atoms with van der Waals surface area (Å²) >= 11 is 5.86. The van der Waals surface area contributed by atoms with Crippen molar-refractivity contribution < 1.29 is 29.0 Å². The summed E-state index contributed by atoms with van der Waals surface area (Å²) in [6.07, 6.45) is 0.258. The van der Waals surface area contributed by atoms with E-state index >= 15 is 0 Å². The summed E-state index contributed by atoms with van der Waals surface area (Å²) in [7, 11) is 1.70. The molecule has 4 rings (SSSR count). The van der Waals surface area contributed by atoms with Crippen molar-refractivity contribution in [1.82, 2.24) is 4.90 Å². The Bertz CT molecular complexity index is 1060. The van der Waals surface area contributed by atoms with E-state index in [0.717, 1.165) is 0 Å². The number of nitrogens with one attached hydrogen (secondary N) is 2. The first kappa shape index (κ1) is 22.9. The number of hydrogen-bond acceptors (Lipinski definition) is 5. The first-order valence-corrected chi connectivity index (χ1v) is 10.9. The second-order valence-electron chi connectivity index (χ2n) is 8.06. The van der Waals surface area contributed by atoms with Crippen molar-refractivity contribution in [2.45, 2.75) is 37.5 Å². The number of hydrogen-bond donors (Lipinski definition) is 3. The number of rotatable bonds is 4. The van der Waals surface area contributed by atoms with Crippen LogP contribution in [0.25, 0.3) is 0 Å². The lowest BCUT2D eigenvalue weighted by molar-refractivity contribution is -0.148. The number of benzene rings is 2. The predicted molar refractivity (Wildman–Crippen MR) is 122 cm³/mol. The fraction of sp³-hybridized carbons (Fsp3) is 0.348. The van der Waals surface area contributed by atoms with E-state index in [2.05, 4.69) is 10.6 Å². The van der Waals surface area contributed by atoms with E-state index in [1.807, 2.05) is 0 Å². The molecule has 0 spiro atoms. The van der Waals surface area contributed by atoms with Gasteiger partial charge in [0.05, 0.1) is 24.1 Å². The van der Waals surface area contributed by atoms with E-state index in [-0.39, 0.29) is 25.0 Å². The molecule has 9 nitrogen and oxygen atoms in total. The number of aliphatic carboxylic acids is 1. The Kier molecular flexibility index (Phi) is 6.71. The topological polar surface area (TPSA) is 117 Å². The van der Waals surface area contributed by atoms with E-state index in [9.17, 15) is 14.4 Å². The van der Waals surface area contributed by atoms with E-state index < -0.39 is 24.2 Å². The average Bonchev–Trinajstić information content (AvgIpc) is 2.78. The zero-order valence-corrected chi connectivity index (χ0v) is 18.7. The molecule has 2 aliphatic rings. The summed E-state index contributed by atoms with van der Waals surface area (Å²) in [5.41, 5.74) is 1.34. The molecule has 1 saturated heterocycles. The molecule has 1 fully saturated rings. The van der Waals surface area contributed by atoms with E-state index in [1.54, 1.807) is 54.4 Å². The van der Waals surface area contributed by atoms with Crippen LogP contribution in [-0.4, -0.2) is 59.8 Å². The Morgan fingerprint density at radius 2 is 1.82 bits per heavy atom. The van der Waals surface area contributed by atoms with Crippen LogP contribution in [0.4, 0.5) is 16.2 Å². The maximum atomic E-state index is 13.2. The number of carboxylic acid groups (broad SMARTS) is 1. The summed E-state index contributed by atoms with van der Waals surface area (Å²) in [4.78, 5) is 38.2. The molecule has 0 aliphatic carbocycles. The predicted octanol–water partition coefficient (Wildman–Crippen LogP) is 3.84. The molecule has 0 unspecified atom stereocenters. The van der Waals surface area contributed by atoms with Crippen molar-refractivity contribution in [2.75, 3.05) is 24.3 Å². The Morgan fingerprint density at radius 1 is 1.12 bits per heavy atom. The van der Waals surface area contributed by atoms with Gasteiger partial charge in [0.2, 0.25) is 0 Å². The molecule has 2 aromatic carbocycles. The summed E-state index contributed by atoms with van der Waals surface area (Å²) in [5.74, 6) is -0.806. The Balaban J connectivity index is 1.48. The molecule has 0 radical (unpaired) electrons. The lowest BCUT2D eigenvalue weighted by Crippen LogP contribution is -2.53. The first-order valence-electron chi connectivity index (χ1n) is 10.5. The molecule has 0 bridgehead atoms. The van der Waals surface area contributed by atoms with E-state index in [1.165, 1.54) is 0 Å². The largest absolute Gasteiger partial charge is 0.490 e. The van der Waals surface area contributed by atoms with Crippen LogP contribution in [0.2, 0.25) is 5.02 Å². The molecule has 3 amide bonds. The lowest BCUT2D eigenvalue weighted by atomic mass is 9.94. The van der Waals surface area contributed by atoms with Crippen molar-refractivity contribution >= 4 is 40.9 Å². The number of carboxylic acids is 1. The SMILES string of the molecule is CN1C(=O)c2cc(NC(=O)Nc3ccc(Cl)cc3)ccc2OC[C@H]2O[C@@H](CC(=O)O)CC[C@@H]21. The monoisotopic (exact) mass is 473 g/mol. The molecule has 2 aliphatic heterocycles. The molecule has 3 atom stereocenters. The van der Waals surface area contributed by atoms with E-state index in [0.29, 0.717) is 40.6 Å². The minimum Gasteiger partial charge on any atom is -0.490 e. The van der Waals surface area contributed by atoms with Crippen LogP contribution < -0.4 is 15.4 Å². The summed E-state index contributed by atoms with van der Waals surface area (Å²) in [5, 5.41) is 15.0. The van der Waals surface area contributed by atoms with Gasteiger partial charge in [0, 0.05) is 23.4 Å². The second kappa shape index (κ2) is 9.68. The van der Waals surface area contributed by atoms with Gasteiger partial charge in [-0.1, -0.05) is 11.6 Å². The lowest BCUT2D eigenvalue weighted by Gasteiger charge is -2.42. The summed E-state index contributed by atoms with van der Waals surface area (Å²) in [6.45, 7) is 0.190. The minimum absolute atomic E-state index is 0.0788. The van der Waals surface area contributed by atoms with Crippen molar-refractivity contribution in [3.63, 3.8) is 0 Å². The highest BCUT2D eigenvalue weighted by Gasteiger charge is 2.39. The highest BCUT2D eigenvalue weighted by molar-refractivity contribution is 6.30. The minimum atomic E-state index is -0.917. The van der Waals surface area contributed by atoms with Crippen LogP contribution in [-0.2, 0) is 9.53 Å². The molecule has 0 saturated carbocycles. The van der Waals surface area contributed by atoms with Gasteiger partial charge >= 0.3 is 12.0 Å². The Labute approximate surface area is 195 Å². The number of carbonyl (C=O) groups excluding carboxylic acids is 2. The van der Waals surface area contributed by atoms with Crippen LogP contribution in [0.1, 0.15) is 29.6 Å². The number of nitrogens with zero attached hydrogens (tertiary/aromatic N) is 1. The van der Waals surface area contributed by atoms with Gasteiger partial charge in [-0.25, -0.2) is 4.79 Å². The smallest absolute Gasteiger partial charge is 0.323 e. The normalized spacial score (nSPS) is 22.2. The van der Waals surface area contributed by atoms with Crippen LogP contribution in [0.5, 0.6) is 5.75 Å². The van der Waals surface area contributed by atoms with Gasteiger partial charge in [-0.2, -0.15) is 0 Å². The maximum Gasteiger partial charge on any atom is 0.323 e. The van der Waals surface area contributed by atoms with Gasteiger partial charge in [0.1, 0.15) is 18.5 Å². The highest BCUT2D eigenvalue weighted by atomic mass is 35.5. The standard InChI is InChI=1S/C23H24ClN3O6/c1-27-18-8-7-16(11-21(28)29)33-20(18)12-32-19-9-6-15(10-17(19)22(27)30)26-23(31)25-14-4-2-13(24)3-5-14/h2-6,9-10,16,18,20H,7-8,11-12H2,1H3,(H,28,29)(H2,25,26,31)/t16-,18+,20-/m1/s1. The Hall–Kier alpha value is -3.30. The molecule has 0 aromatic heterocycles. The number of urea groups is 1. The fourth-order valence-corrected chi connectivity index (χ4v) is 4.25. The molecule has 2 heterocycles. The molecule has 33 heavy (non-hydrogen) atoms. The number of amides is 3. The van der Waals surface area contributed by atoms with Crippen LogP contribution in [0, 0.1) is 0 Å². The van der Waals surface area contributed by atoms with Crippen molar-refractivity contribution in [2.24, 2.45) is 0 Å². The molecular weight excluding hydrogens is 450 g/mol. The highest BCUT2D eigenvalue weighted by Crippen LogP contribution is 2.32. The zero-order valence-electron chi connectivity index (χ0n) is 17.9. The van der Waals surface area contributed by atoms with Crippen molar-refractivity contribution in [3.8, 4) is 5.75 Å².